The molecule has 1 aliphatic rings. The molecule has 1 atom stereocenters. The van der Waals surface area contributed by atoms with Crippen molar-refractivity contribution in [2.45, 2.75) is 26.1 Å². The van der Waals surface area contributed by atoms with Gasteiger partial charge in [0.1, 0.15) is 18.4 Å². The van der Waals surface area contributed by atoms with Crippen LogP contribution in [0.2, 0.25) is 0 Å². The standard InChI is InChI=1S/C24H24N2O4/c1-17(24(27)25-14-19-7-12-22-23(13-19)30-16-29-22)26-20-8-10-21(11-9-20)28-15-18-5-3-2-4-6-18/h2-13,17,26H,14-16H2,1H3,(H,25,27)/t17-/m0/s1. The number of hydrogen-bond donors (Lipinski definition) is 2. The first-order chi connectivity index (χ1) is 14.7. The van der Waals surface area contributed by atoms with Crippen LogP contribution in [0.5, 0.6) is 17.2 Å². The molecule has 1 heterocycles. The van der Waals surface area contributed by atoms with E-state index >= 15 is 0 Å². The summed E-state index contributed by atoms with van der Waals surface area (Å²) in [5.74, 6) is 2.14. The summed E-state index contributed by atoms with van der Waals surface area (Å²) < 4.78 is 16.5. The number of carbonyl (C=O) groups excluding carboxylic acids is 1. The van der Waals surface area contributed by atoms with E-state index in [1.54, 1.807) is 0 Å². The number of benzene rings is 3. The third kappa shape index (κ3) is 5.03. The van der Waals surface area contributed by atoms with Crippen molar-refractivity contribution in [3.63, 3.8) is 0 Å². The molecule has 0 saturated carbocycles. The largest absolute Gasteiger partial charge is 0.489 e. The van der Waals surface area contributed by atoms with E-state index in [-0.39, 0.29) is 18.7 Å². The molecular weight excluding hydrogens is 380 g/mol. The van der Waals surface area contributed by atoms with Crippen molar-refractivity contribution in [2.75, 3.05) is 12.1 Å². The van der Waals surface area contributed by atoms with Crippen LogP contribution in [-0.2, 0) is 17.9 Å². The zero-order valence-corrected chi connectivity index (χ0v) is 16.8. The number of hydrogen-bond acceptors (Lipinski definition) is 5. The van der Waals surface area contributed by atoms with Crippen molar-refractivity contribution in [1.29, 1.82) is 0 Å². The molecule has 0 saturated heterocycles. The second-order valence-corrected chi connectivity index (χ2v) is 7.07. The van der Waals surface area contributed by atoms with Gasteiger partial charge in [0.15, 0.2) is 11.5 Å². The first kappa shape index (κ1) is 19.6. The summed E-state index contributed by atoms with van der Waals surface area (Å²) in [5, 5.41) is 6.15. The molecular formula is C24H24N2O4. The molecule has 0 unspecified atom stereocenters. The third-order valence-corrected chi connectivity index (χ3v) is 4.78. The topological polar surface area (TPSA) is 68.8 Å². The molecule has 0 spiro atoms. The number of anilines is 1. The molecule has 1 amide bonds. The Hall–Kier alpha value is -3.67. The quantitative estimate of drug-likeness (QED) is 0.591. The average molecular weight is 404 g/mol. The van der Waals surface area contributed by atoms with Crippen LogP contribution in [0.25, 0.3) is 0 Å². The summed E-state index contributed by atoms with van der Waals surface area (Å²) in [4.78, 5) is 12.4. The van der Waals surface area contributed by atoms with Crippen molar-refractivity contribution in [1.82, 2.24) is 5.32 Å². The van der Waals surface area contributed by atoms with E-state index in [1.807, 2.05) is 79.7 Å². The van der Waals surface area contributed by atoms with Crippen LogP contribution in [0.4, 0.5) is 5.69 Å². The normalized spacial score (nSPS) is 12.8. The smallest absolute Gasteiger partial charge is 0.242 e. The van der Waals surface area contributed by atoms with Gasteiger partial charge >= 0.3 is 0 Å². The molecule has 2 N–H and O–H groups in total. The van der Waals surface area contributed by atoms with Crippen LogP contribution in [0.15, 0.2) is 72.8 Å². The molecule has 30 heavy (non-hydrogen) atoms. The molecule has 3 aromatic rings. The highest BCUT2D eigenvalue weighted by Crippen LogP contribution is 2.32. The van der Waals surface area contributed by atoms with Gasteiger partial charge < -0.3 is 24.8 Å². The Labute approximate surface area is 175 Å². The van der Waals surface area contributed by atoms with Gasteiger partial charge in [-0.1, -0.05) is 36.4 Å². The lowest BCUT2D eigenvalue weighted by molar-refractivity contribution is -0.121. The monoisotopic (exact) mass is 404 g/mol. The Morgan fingerprint density at radius 1 is 0.967 bits per heavy atom. The molecule has 0 aromatic heterocycles. The van der Waals surface area contributed by atoms with Crippen LogP contribution >= 0.6 is 0 Å². The molecule has 154 valence electrons. The number of carbonyl (C=O) groups is 1. The second kappa shape index (κ2) is 9.22. The molecule has 6 heteroatoms. The Kier molecular flexibility index (Phi) is 6.03. The minimum absolute atomic E-state index is 0.0860. The van der Waals surface area contributed by atoms with E-state index in [2.05, 4.69) is 10.6 Å². The zero-order chi connectivity index (χ0) is 20.8. The molecule has 6 nitrogen and oxygen atoms in total. The predicted molar refractivity (Wildman–Crippen MR) is 115 cm³/mol. The summed E-state index contributed by atoms with van der Waals surface area (Å²) in [6.07, 6.45) is 0. The van der Waals surface area contributed by atoms with Gasteiger partial charge in [-0.2, -0.15) is 0 Å². The van der Waals surface area contributed by atoms with Crippen LogP contribution in [0.3, 0.4) is 0 Å². The van der Waals surface area contributed by atoms with Gasteiger partial charge in [-0.15, -0.1) is 0 Å². The fourth-order valence-electron chi connectivity index (χ4n) is 3.10. The maximum atomic E-state index is 12.4. The summed E-state index contributed by atoms with van der Waals surface area (Å²) >= 11 is 0. The summed E-state index contributed by atoms with van der Waals surface area (Å²) in [6, 6.07) is 22.9. The van der Waals surface area contributed by atoms with E-state index in [0.29, 0.717) is 18.9 Å². The lowest BCUT2D eigenvalue weighted by Gasteiger charge is -2.16. The maximum Gasteiger partial charge on any atom is 0.242 e. The highest BCUT2D eigenvalue weighted by Gasteiger charge is 2.15. The Morgan fingerprint density at radius 3 is 2.53 bits per heavy atom. The lowest BCUT2D eigenvalue weighted by Crippen LogP contribution is -2.37. The van der Waals surface area contributed by atoms with Crippen molar-refractivity contribution in [2.24, 2.45) is 0 Å². The molecule has 0 bridgehead atoms. The summed E-state index contributed by atoms with van der Waals surface area (Å²) in [6.45, 7) is 3.01. The maximum absolute atomic E-state index is 12.4. The highest BCUT2D eigenvalue weighted by atomic mass is 16.7. The molecule has 3 aromatic carbocycles. The minimum atomic E-state index is -0.380. The first-order valence-corrected chi connectivity index (χ1v) is 9.87. The average Bonchev–Trinajstić information content (AvgIpc) is 3.25. The zero-order valence-electron chi connectivity index (χ0n) is 16.8. The fourth-order valence-corrected chi connectivity index (χ4v) is 3.10. The van der Waals surface area contributed by atoms with Crippen LogP contribution < -0.4 is 24.8 Å². The minimum Gasteiger partial charge on any atom is -0.489 e. The highest BCUT2D eigenvalue weighted by molar-refractivity contribution is 5.84. The van der Waals surface area contributed by atoms with Crippen LogP contribution in [0.1, 0.15) is 18.1 Å². The molecule has 0 fully saturated rings. The van der Waals surface area contributed by atoms with Crippen molar-refractivity contribution >= 4 is 11.6 Å². The fraction of sp³-hybridized carbons (Fsp3) is 0.208. The summed E-state index contributed by atoms with van der Waals surface area (Å²) in [7, 11) is 0. The van der Waals surface area contributed by atoms with E-state index in [4.69, 9.17) is 14.2 Å². The number of fused-ring (bicyclic) bond motifs is 1. The summed E-state index contributed by atoms with van der Waals surface area (Å²) in [5.41, 5.74) is 2.93. The molecule has 0 aliphatic carbocycles. The first-order valence-electron chi connectivity index (χ1n) is 9.87. The van der Waals surface area contributed by atoms with E-state index in [0.717, 1.165) is 28.3 Å². The number of rotatable bonds is 8. The van der Waals surface area contributed by atoms with Crippen molar-refractivity contribution in [3.05, 3.63) is 83.9 Å². The van der Waals surface area contributed by atoms with E-state index in [9.17, 15) is 4.79 Å². The van der Waals surface area contributed by atoms with Crippen LogP contribution in [-0.4, -0.2) is 18.7 Å². The van der Waals surface area contributed by atoms with Gasteiger partial charge in [-0.05, 0) is 54.4 Å². The van der Waals surface area contributed by atoms with Gasteiger partial charge in [0.25, 0.3) is 0 Å². The van der Waals surface area contributed by atoms with E-state index < -0.39 is 0 Å². The third-order valence-electron chi connectivity index (χ3n) is 4.78. The number of amides is 1. The Morgan fingerprint density at radius 2 is 1.73 bits per heavy atom. The Bertz CT molecular complexity index is 990. The number of ether oxygens (including phenoxy) is 3. The van der Waals surface area contributed by atoms with Crippen molar-refractivity contribution in [3.8, 4) is 17.2 Å². The van der Waals surface area contributed by atoms with E-state index in [1.165, 1.54) is 0 Å². The van der Waals surface area contributed by atoms with Gasteiger partial charge in [0.2, 0.25) is 12.7 Å². The predicted octanol–water partition coefficient (Wildman–Crippen LogP) is 4.11. The molecule has 4 rings (SSSR count). The van der Waals surface area contributed by atoms with Gasteiger partial charge in [0, 0.05) is 12.2 Å². The van der Waals surface area contributed by atoms with Gasteiger partial charge in [-0.25, -0.2) is 0 Å². The Balaban J connectivity index is 1.24. The van der Waals surface area contributed by atoms with Gasteiger partial charge in [-0.3, -0.25) is 4.79 Å². The lowest BCUT2D eigenvalue weighted by atomic mass is 10.2. The van der Waals surface area contributed by atoms with Crippen molar-refractivity contribution < 1.29 is 19.0 Å². The van der Waals surface area contributed by atoms with Gasteiger partial charge in [0.05, 0.1) is 0 Å². The SMILES string of the molecule is C[C@H](Nc1ccc(OCc2ccccc2)cc1)C(=O)NCc1ccc2c(c1)OCO2. The number of nitrogens with one attached hydrogen (secondary N) is 2. The van der Waals surface area contributed by atoms with Crippen LogP contribution in [0, 0.1) is 0 Å². The molecule has 0 radical (unpaired) electrons. The second-order valence-electron chi connectivity index (χ2n) is 7.07. The molecule has 1 aliphatic heterocycles.